The summed E-state index contributed by atoms with van der Waals surface area (Å²) in [5.74, 6) is 0.769. The summed E-state index contributed by atoms with van der Waals surface area (Å²) in [5, 5.41) is 15.8. The molecular formula is C35H50N2O5. The average Bonchev–Trinajstić information content (AvgIpc) is 2.89. The van der Waals surface area contributed by atoms with Gasteiger partial charge in [0.25, 0.3) is 0 Å². The quantitative estimate of drug-likeness (QED) is 0.264. The Balaban J connectivity index is 1.37. The van der Waals surface area contributed by atoms with Gasteiger partial charge in [0.2, 0.25) is 0 Å². The number of esters is 2. The summed E-state index contributed by atoms with van der Waals surface area (Å²) < 4.78 is 11.6. The molecule has 2 aliphatic rings. The maximum atomic E-state index is 13.2. The van der Waals surface area contributed by atoms with Gasteiger partial charge in [0.1, 0.15) is 11.5 Å². The number of hydroxylamine groups is 2. The molecule has 2 aliphatic heterocycles. The maximum absolute atomic E-state index is 13.2. The molecule has 7 heteroatoms. The van der Waals surface area contributed by atoms with E-state index in [1.54, 1.807) is 12.1 Å². The van der Waals surface area contributed by atoms with Crippen molar-refractivity contribution in [2.24, 2.45) is 23.7 Å². The molecule has 2 N–H and O–H groups in total. The SMILES string of the molecule is CC(C)C1CC(C(=O)Oc2ccc(-c3ccc(OC(=O)C4CC(C)(C)NC(C)(C(C)C)C4)cc3)cc2)CC(C)(C)N1O. The molecule has 7 nitrogen and oxygen atoms in total. The minimum Gasteiger partial charge on any atom is -0.426 e. The Labute approximate surface area is 251 Å². The summed E-state index contributed by atoms with van der Waals surface area (Å²) in [6.07, 6.45) is 2.59. The molecular weight excluding hydrogens is 528 g/mol. The van der Waals surface area contributed by atoms with E-state index in [0.29, 0.717) is 30.3 Å². The molecule has 2 fully saturated rings. The molecule has 2 aromatic carbocycles. The summed E-state index contributed by atoms with van der Waals surface area (Å²) in [7, 11) is 0. The van der Waals surface area contributed by atoms with Crippen molar-refractivity contribution >= 4 is 11.9 Å². The first kappa shape index (κ1) is 32.2. The van der Waals surface area contributed by atoms with Crippen molar-refractivity contribution < 1.29 is 24.3 Å². The van der Waals surface area contributed by atoms with Gasteiger partial charge >= 0.3 is 11.9 Å². The van der Waals surface area contributed by atoms with Crippen molar-refractivity contribution in [1.82, 2.24) is 10.4 Å². The van der Waals surface area contributed by atoms with E-state index >= 15 is 0 Å². The van der Waals surface area contributed by atoms with Gasteiger partial charge in [-0.3, -0.25) is 9.59 Å². The lowest BCUT2D eigenvalue weighted by Gasteiger charge is -2.49. The van der Waals surface area contributed by atoms with Crippen LogP contribution < -0.4 is 14.8 Å². The zero-order chi connectivity index (χ0) is 31.0. The fraction of sp³-hybridized carbons (Fsp3) is 0.600. The normalized spacial score (nSPS) is 27.6. The Bertz CT molecular complexity index is 1250. The number of carbonyl (C=O) groups excluding carboxylic acids is 2. The highest BCUT2D eigenvalue weighted by atomic mass is 16.5. The fourth-order valence-electron chi connectivity index (χ4n) is 6.81. The molecule has 2 aromatic rings. The van der Waals surface area contributed by atoms with Gasteiger partial charge in [-0.15, -0.1) is 0 Å². The maximum Gasteiger partial charge on any atom is 0.314 e. The zero-order valence-electron chi connectivity index (χ0n) is 26.9. The number of carbonyl (C=O) groups is 2. The summed E-state index contributed by atoms with van der Waals surface area (Å²) in [6.45, 7) is 18.9. The largest absolute Gasteiger partial charge is 0.426 e. The third-order valence-electron chi connectivity index (χ3n) is 9.45. The van der Waals surface area contributed by atoms with Crippen LogP contribution in [0.5, 0.6) is 11.5 Å². The molecule has 0 aromatic heterocycles. The van der Waals surface area contributed by atoms with E-state index in [1.165, 1.54) is 5.06 Å². The predicted octanol–water partition coefficient (Wildman–Crippen LogP) is 7.26. The van der Waals surface area contributed by atoms with E-state index in [2.05, 4.69) is 53.8 Å². The molecule has 2 heterocycles. The lowest BCUT2D eigenvalue weighted by Crippen LogP contribution is -2.62. The second-order valence-electron chi connectivity index (χ2n) is 14.7. The number of rotatable bonds is 7. The number of hydrogen-bond acceptors (Lipinski definition) is 7. The number of hydrogen-bond donors (Lipinski definition) is 2. The van der Waals surface area contributed by atoms with Crippen molar-refractivity contribution in [1.29, 1.82) is 0 Å². The van der Waals surface area contributed by atoms with Crippen molar-refractivity contribution in [3.8, 4) is 22.6 Å². The monoisotopic (exact) mass is 578 g/mol. The summed E-state index contributed by atoms with van der Waals surface area (Å²) >= 11 is 0. The molecule has 0 spiro atoms. The van der Waals surface area contributed by atoms with E-state index in [9.17, 15) is 14.8 Å². The molecule has 0 aliphatic carbocycles. The highest BCUT2D eigenvalue weighted by molar-refractivity contribution is 5.77. The average molecular weight is 579 g/mol. The van der Waals surface area contributed by atoms with Crippen LogP contribution >= 0.6 is 0 Å². The lowest BCUT2D eigenvalue weighted by molar-refractivity contribution is -0.229. The topological polar surface area (TPSA) is 88.1 Å². The van der Waals surface area contributed by atoms with Crippen molar-refractivity contribution in [2.75, 3.05) is 0 Å². The van der Waals surface area contributed by atoms with Crippen LogP contribution in [-0.2, 0) is 9.59 Å². The summed E-state index contributed by atoms with van der Waals surface area (Å²) in [5.41, 5.74) is 1.17. The molecule has 0 bridgehead atoms. The van der Waals surface area contributed by atoms with Crippen LogP contribution in [0.15, 0.2) is 48.5 Å². The number of benzene rings is 2. The van der Waals surface area contributed by atoms with Gasteiger partial charge in [0.15, 0.2) is 0 Å². The smallest absolute Gasteiger partial charge is 0.314 e. The van der Waals surface area contributed by atoms with Crippen LogP contribution in [0.1, 0.15) is 88.0 Å². The molecule has 4 atom stereocenters. The highest BCUT2D eigenvalue weighted by Gasteiger charge is 2.46. The van der Waals surface area contributed by atoms with Crippen LogP contribution in [0, 0.1) is 23.7 Å². The van der Waals surface area contributed by atoms with E-state index in [0.717, 1.165) is 24.0 Å². The highest BCUT2D eigenvalue weighted by Crippen LogP contribution is 2.39. The van der Waals surface area contributed by atoms with Crippen molar-refractivity contribution in [3.63, 3.8) is 0 Å². The zero-order valence-corrected chi connectivity index (χ0v) is 26.9. The molecule has 4 unspecified atom stereocenters. The molecule has 0 radical (unpaired) electrons. The number of piperidine rings is 2. The third-order valence-corrected chi connectivity index (χ3v) is 9.45. The predicted molar refractivity (Wildman–Crippen MR) is 165 cm³/mol. The Hall–Kier alpha value is -2.74. The molecule has 0 saturated carbocycles. The van der Waals surface area contributed by atoms with Gasteiger partial charge in [0.05, 0.1) is 11.8 Å². The van der Waals surface area contributed by atoms with Gasteiger partial charge < -0.3 is 20.0 Å². The first-order valence-electron chi connectivity index (χ1n) is 15.4. The number of nitrogens with zero attached hydrogens (tertiary/aromatic N) is 1. The van der Waals surface area contributed by atoms with Crippen LogP contribution in [0.3, 0.4) is 0 Å². The van der Waals surface area contributed by atoms with Gasteiger partial charge in [-0.25, -0.2) is 0 Å². The summed E-state index contributed by atoms with van der Waals surface area (Å²) in [4.78, 5) is 26.2. The second kappa shape index (κ2) is 12.1. The van der Waals surface area contributed by atoms with Gasteiger partial charge in [-0.1, -0.05) is 52.0 Å². The summed E-state index contributed by atoms with van der Waals surface area (Å²) in [6, 6.07) is 14.9. The Morgan fingerprint density at radius 2 is 1.26 bits per heavy atom. The van der Waals surface area contributed by atoms with Gasteiger partial charge in [-0.2, -0.15) is 5.06 Å². The molecule has 42 heavy (non-hydrogen) atoms. The van der Waals surface area contributed by atoms with Gasteiger partial charge in [0, 0.05) is 22.7 Å². The van der Waals surface area contributed by atoms with Crippen LogP contribution in [0.2, 0.25) is 0 Å². The molecule has 230 valence electrons. The van der Waals surface area contributed by atoms with E-state index in [1.807, 2.05) is 50.2 Å². The first-order chi connectivity index (χ1) is 19.5. The van der Waals surface area contributed by atoms with Crippen molar-refractivity contribution in [2.45, 2.75) is 111 Å². The second-order valence-corrected chi connectivity index (χ2v) is 14.7. The van der Waals surface area contributed by atoms with E-state index in [4.69, 9.17) is 9.47 Å². The molecule has 4 rings (SSSR count). The lowest BCUT2D eigenvalue weighted by atomic mass is 9.70. The minimum atomic E-state index is -0.500. The van der Waals surface area contributed by atoms with Crippen LogP contribution in [0.25, 0.3) is 11.1 Å². The first-order valence-corrected chi connectivity index (χ1v) is 15.4. The Morgan fingerprint density at radius 1 is 0.786 bits per heavy atom. The number of ether oxygens (including phenoxy) is 2. The molecule has 2 saturated heterocycles. The van der Waals surface area contributed by atoms with Crippen molar-refractivity contribution in [3.05, 3.63) is 48.5 Å². The number of nitrogens with one attached hydrogen (secondary N) is 1. The Morgan fingerprint density at radius 3 is 1.71 bits per heavy atom. The molecule has 0 amide bonds. The van der Waals surface area contributed by atoms with Crippen LogP contribution in [-0.4, -0.2) is 44.9 Å². The standard InChI is InChI=1S/C35H50N2O5/c1-22(2)30-18-26(20-34(7,8)37(30)40)31(38)41-28-14-10-24(11-15-28)25-12-16-29(17-13-25)42-32(39)27-19-33(5,6)36-35(9,21-27)23(3)4/h10-17,22-23,26-27,30,36,40H,18-21H2,1-9H3. The van der Waals surface area contributed by atoms with Gasteiger partial charge in [-0.05, 0) is 108 Å². The Kier molecular flexibility index (Phi) is 9.27. The van der Waals surface area contributed by atoms with Crippen LogP contribution in [0.4, 0.5) is 0 Å². The third kappa shape index (κ3) is 7.24. The minimum absolute atomic E-state index is 0.0947. The van der Waals surface area contributed by atoms with E-state index in [-0.39, 0.29) is 46.8 Å². The van der Waals surface area contributed by atoms with E-state index < -0.39 is 5.54 Å². The fourth-order valence-corrected chi connectivity index (χ4v) is 6.81.